The highest BCUT2D eigenvalue weighted by Gasteiger charge is 2.39. The van der Waals surface area contributed by atoms with Gasteiger partial charge in [0.2, 0.25) is 5.91 Å². The number of hydrogen-bond donors (Lipinski definition) is 1. The number of carbonyl (C=O) groups is 2. The van der Waals surface area contributed by atoms with Gasteiger partial charge >= 0.3 is 0 Å². The maximum atomic E-state index is 12.6. The normalized spacial score (nSPS) is 17.3. The molecule has 5 nitrogen and oxygen atoms in total. The third kappa shape index (κ3) is 3.18. The van der Waals surface area contributed by atoms with Crippen molar-refractivity contribution in [2.75, 3.05) is 17.3 Å². The van der Waals surface area contributed by atoms with Crippen molar-refractivity contribution in [3.8, 4) is 5.75 Å². The standard InChI is InChI=1S/C17H14Cl2N2O3/c1-24-15-7-4-11(8-13(15)19)20-14-9-16(22)21(17(14)23)12-5-2-10(18)3-6-12/h2-8,14,20H,9H2,1H3/t14-/m1/s1. The molecule has 1 fully saturated rings. The van der Waals surface area contributed by atoms with E-state index in [-0.39, 0.29) is 18.2 Å². The van der Waals surface area contributed by atoms with E-state index in [1.807, 2.05) is 0 Å². The summed E-state index contributed by atoms with van der Waals surface area (Å²) < 4.78 is 5.09. The third-order valence-corrected chi connectivity index (χ3v) is 4.27. The average Bonchev–Trinajstić information content (AvgIpc) is 2.83. The van der Waals surface area contributed by atoms with Gasteiger partial charge in [-0.2, -0.15) is 0 Å². The maximum Gasteiger partial charge on any atom is 0.256 e. The van der Waals surface area contributed by atoms with E-state index in [1.54, 1.807) is 42.5 Å². The number of benzene rings is 2. The van der Waals surface area contributed by atoms with Crippen molar-refractivity contribution >= 4 is 46.4 Å². The molecule has 124 valence electrons. The Morgan fingerprint density at radius 1 is 1.12 bits per heavy atom. The van der Waals surface area contributed by atoms with E-state index in [1.165, 1.54) is 12.0 Å². The minimum atomic E-state index is -0.641. The number of ether oxygens (including phenoxy) is 1. The lowest BCUT2D eigenvalue weighted by Crippen LogP contribution is -2.34. The number of anilines is 2. The zero-order chi connectivity index (χ0) is 17.3. The van der Waals surface area contributed by atoms with E-state index in [2.05, 4.69) is 5.32 Å². The molecule has 1 N–H and O–H groups in total. The Morgan fingerprint density at radius 3 is 2.46 bits per heavy atom. The lowest BCUT2D eigenvalue weighted by atomic mass is 10.2. The zero-order valence-corrected chi connectivity index (χ0v) is 14.3. The van der Waals surface area contributed by atoms with Crippen LogP contribution in [0.4, 0.5) is 11.4 Å². The summed E-state index contributed by atoms with van der Waals surface area (Å²) in [7, 11) is 1.53. The van der Waals surface area contributed by atoms with Gasteiger partial charge in [-0.1, -0.05) is 23.2 Å². The molecular weight excluding hydrogens is 351 g/mol. The Hall–Kier alpha value is -2.24. The van der Waals surface area contributed by atoms with Crippen LogP contribution in [0, 0.1) is 0 Å². The van der Waals surface area contributed by atoms with E-state index in [9.17, 15) is 9.59 Å². The number of amides is 2. The molecule has 7 heteroatoms. The van der Waals surface area contributed by atoms with Gasteiger partial charge in [-0.3, -0.25) is 9.59 Å². The zero-order valence-electron chi connectivity index (χ0n) is 12.8. The molecule has 0 unspecified atom stereocenters. The molecule has 1 aliphatic rings. The first-order valence-electron chi connectivity index (χ1n) is 7.22. The van der Waals surface area contributed by atoms with E-state index in [0.717, 1.165) is 0 Å². The fourth-order valence-electron chi connectivity index (χ4n) is 2.56. The number of nitrogens with zero attached hydrogens (tertiary/aromatic N) is 1. The largest absolute Gasteiger partial charge is 0.495 e. The second-order valence-electron chi connectivity index (χ2n) is 5.29. The minimum Gasteiger partial charge on any atom is -0.495 e. The number of methoxy groups -OCH3 is 1. The second kappa shape index (κ2) is 6.71. The van der Waals surface area contributed by atoms with Gasteiger partial charge in [-0.25, -0.2) is 4.90 Å². The monoisotopic (exact) mass is 364 g/mol. The van der Waals surface area contributed by atoms with Crippen LogP contribution >= 0.6 is 23.2 Å². The van der Waals surface area contributed by atoms with Crippen LogP contribution in [0.1, 0.15) is 6.42 Å². The highest BCUT2D eigenvalue weighted by atomic mass is 35.5. The van der Waals surface area contributed by atoms with Gasteiger partial charge in [0.15, 0.2) is 0 Å². The number of hydrogen-bond acceptors (Lipinski definition) is 4. The van der Waals surface area contributed by atoms with Gasteiger partial charge in [-0.15, -0.1) is 0 Å². The summed E-state index contributed by atoms with van der Waals surface area (Å²) >= 11 is 11.9. The van der Waals surface area contributed by atoms with Crippen molar-refractivity contribution in [2.24, 2.45) is 0 Å². The second-order valence-corrected chi connectivity index (χ2v) is 6.14. The van der Waals surface area contributed by atoms with Crippen molar-refractivity contribution in [1.82, 2.24) is 0 Å². The summed E-state index contributed by atoms with van der Waals surface area (Å²) in [5.74, 6) is -0.0347. The quantitative estimate of drug-likeness (QED) is 0.839. The Labute approximate surface area is 149 Å². The van der Waals surface area contributed by atoms with Crippen LogP contribution in [0.5, 0.6) is 5.75 Å². The molecule has 3 rings (SSSR count). The van der Waals surface area contributed by atoms with E-state index in [4.69, 9.17) is 27.9 Å². The SMILES string of the molecule is COc1ccc(N[C@@H]2CC(=O)N(c3ccc(Cl)cc3)C2=O)cc1Cl. The van der Waals surface area contributed by atoms with Crippen LogP contribution in [0.2, 0.25) is 10.0 Å². The Kier molecular flexibility index (Phi) is 4.64. The Morgan fingerprint density at radius 2 is 1.83 bits per heavy atom. The average molecular weight is 365 g/mol. The Balaban J connectivity index is 1.79. The molecular formula is C17H14Cl2N2O3. The summed E-state index contributed by atoms with van der Waals surface area (Å²) in [6.07, 6.45) is 0.0745. The van der Waals surface area contributed by atoms with Crippen LogP contribution in [-0.4, -0.2) is 25.0 Å². The molecule has 0 aliphatic carbocycles. The van der Waals surface area contributed by atoms with Gasteiger partial charge in [-0.05, 0) is 42.5 Å². The summed E-state index contributed by atoms with van der Waals surface area (Å²) in [5, 5.41) is 4.01. The maximum absolute atomic E-state index is 12.6. The van der Waals surface area contributed by atoms with E-state index < -0.39 is 6.04 Å². The van der Waals surface area contributed by atoms with Crippen molar-refractivity contribution < 1.29 is 14.3 Å². The van der Waals surface area contributed by atoms with Crippen molar-refractivity contribution in [2.45, 2.75) is 12.5 Å². The van der Waals surface area contributed by atoms with Gasteiger partial charge < -0.3 is 10.1 Å². The van der Waals surface area contributed by atoms with Crippen LogP contribution in [-0.2, 0) is 9.59 Å². The van der Waals surface area contributed by atoms with Gasteiger partial charge in [0.1, 0.15) is 11.8 Å². The first-order valence-corrected chi connectivity index (χ1v) is 7.97. The molecule has 24 heavy (non-hydrogen) atoms. The molecule has 1 aliphatic heterocycles. The van der Waals surface area contributed by atoms with Crippen molar-refractivity contribution in [3.05, 3.63) is 52.5 Å². The van der Waals surface area contributed by atoms with Crippen LogP contribution in [0.3, 0.4) is 0 Å². The highest BCUT2D eigenvalue weighted by Crippen LogP contribution is 2.30. The van der Waals surface area contributed by atoms with Crippen molar-refractivity contribution in [3.63, 3.8) is 0 Å². The lowest BCUT2D eigenvalue weighted by molar-refractivity contribution is -0.121. The number of imide groups is 1. The van der Waals surface area contributed by atoms with Gasteiger partial charge in [0, 0.05) is 10.7 Å². The van der Waals surface area contributed by atoms with Gasteiger partial charge in [0.25, 0.3) is 5.91 Å². The fraction of sp³-hybridized carbons (Fsp3) is 0.176. The molecule has 1 atom stereocenters. The van der Waals surface area contributed by atoms with Crippen molar-refractivity contribution in [1.29, 1.82) is 0 Å². The lowest BCUT2D eigenvalue weighted by Gasteiger charge is -2.16. The highest BCUT2D eigenvalue weighted by molar-refractivity contribution is 6.32. The number of rotatable bonds is 4. The topological polar surface area (TPSA) is 58.6 Å². The third-order valence-electron chi connectivity index (χ3n) is 3.72. The number of carbonyl (C=O) groups excluding carboxylic acids is 2. The molecule has 0 aromatic heterocycles. The van der Waals surface area contributed by atoms with E-state index >= 15 is 0 Å². The molecule has 0 spiro atoms. The smallest absolute Gasteiger partial charge is 0.256 e. The first-order chi connectivity index (χ1) is 11.5. The molecule has 2 aromatic rings. The molecule has 0 radical (unpaired) electrons. The van der Waals surface area contributed by atoms with Crippen LogP contribution < -0.4 is 15.0 Å². The van der Waals surface area contributed by atoms with Crippen LogP contribution in [0.25, 0.3) is 0 Å². The Bertz CT molecular complexity index is 793. The first kappa shape index (κ1) is 16.6. The fourth-order valence-corrected chi connectivity index (χ4v) is 2.95. The molecule has 0 bridgehead atoms. The molecule has 2 aromatic carbocycles. The molecule has 1 saturated heterocycles. The molecule has 0 saturated carbocycles. The summed E-state index contributed by atoms with van der Waals surface area (Å²) in [5.41, 5.74) is 1.15. The summed E-state index contributed by atoms with van der Waals surface area (Å²) in [6, 6.07) is 11.0. The predicted octanol–water partition coefficient (Wildman–Crippen LogP) is 3.75. The van der Waals surface area contributed by atoms with Crippen LogP contribution in [0.15, 0.2) is 42.5 Å². The minimum absolute atomic E-state index is 0.0745. The summed E-state index contributed by atoms with van der Waals surface area (Å²) in [4.78, 5) is 26.0. The van der Waals surface area contributed by atoms with E-state index in [0.29, 0.717) is 27.2 Å². The molecule has 1 heterocycles. The molecule has 2 amide bonds. The predicted molar refractivity (Wildman–Crippen MR) is 94.0 cm³/mol. The summed E-state index contributed by atoms with van der Waals surface area (Å²) in [6.45, 7) is 0. The number of nitrogens with one attached hydrogen (secondary N) is 1. The van der Waals surface area contributed by atoms with Gasteiger partial charge in [0.05, 0.1) is 24.2 Å². The number of halogens is 2.